The van der Waals surface area contributed by atoms with Crippen LogP contribution in [0.15, 0.2) is 44.1 Å². The minimum Gasteiger partial charge on any atom is -0.247 e. The second-order valence-corrected chi connectivity index (χ2v) is 6.26. The molecule has 0 saturated carbocycles. The lowest BCUT2D eigenvalue weighted by Gasteiger charge is -2.08. The average molecular weight is 328 g/mol. The summed E-state index contributed by atoms with van der Waals surface area (Å²) in [6.45, 7) is 0. The van der Waals surface area contributed by atoms with Crippen molar-refractivity contribution in [1.82, 2.24) is 9.97 Å². The van der Waals surface area contributed by atoms with E-state index in [0.29, 0.717) is 11.4 Å². The molecule has 1 aromatic heterocycles. The van der Waals surface area contributed by atoms with Gasteiger partial charge in [-0.3, -0.25) is 0 Å². The molecule has 20 heavy (non-hydrogen) atoms. The van der Waals surface area contributed by atoms with Crippen molar-refractivity contribution in [3.05, 3.63) is 35.6 Å². The van der Waals surface area contributed by atoms with Crippen molar-refractivity contribution in [3.63, 3.8) is 0 Å². The van der Waals surface area contributed by atoms with E-state index in [1.54, 1.807) is 12.1 Å². The van der Waals surface area contributed by atoms with Gasteiger partial charge in [-0.05, 0) is 18.2 Å². The second kappa shape index (κ2) is 4.93. The first-order chi connectivity index (χ1) is 9.56. The highest BCUT2D eigenvalue weighted by molar-refractivity contribution is 7.92. The Bertz CT molecular complexity index is 862. The maximum Gasteiger partial charge on any atom is 0.266 e. The molecule has 0 amide bonds. The Hall–Kier alpha value is -1.84. The summed E-state index contributed by atoms with van der Waals surface area (Å²) < 4.78 is 34.9. The van der Waals surface area contributed by atoms with E-state index in [9.17, 15) is 8.42 Å². The molecular weight excluding hydrogens is 322 g/mol. The van der Waals surface area contributed by atoms with Gasteiger partial charge in [-0.15, -0.1) is 0 Å². The van der Waals surface area contributed by atoms with E-state index >= 15 is 0 Å². The van der Waals surface area contributed by atoms with Gasteiger partial charge in [0.15, 0.2) is 0 Å². The molecule has 1 aromatic carbocycles. The zero-order chi connectivity index (χ0) is 14.2. The van der Waals surface area contributed by atoms with Crippen LogP contribution in [0.25, 0.3) is 0 Å². The molecular formula is C10H6ClN5O2S2. The molecule has 102 valence electrons. The first-order valence-electron chi connectivity index (χ1n) is 5.29. The van der Waals surface area contributed by atoms with Gasteiger partial charge >= 0.3 is 0 Å². The highest BCUT2D eigenvalue weighted by Crippen LogP contribution is 2.37. The summed E-state index contributed by atoms with van der Waals surface area (Å²) in [4.78, 5) is 7.60. The van der Waals surface area contributed by atoms with E-state index in [1.807, 2.05) is 0 Å². The zero-order valence-corrected chi connectivity index (χ0v) is 12.1. The lowest BCUT2D eigenvalue weighted by molar-refractivity contribution is 0.601. The molecule has 2 aromatic rings. The third kappa shape index (κ3) is 2.42. The van der Waals surface area contributed by atoms with Crippen LogP contribution in [0.5, 0.6) is 0 Å². The normalized spacial score (nSPS) is 12.8. The Balaban J connectivity index is 2.02. The van der Waals surface area contributed by atoms with Gasteiger partial charge in [0.2, 0.25) is 5.95 Å². The maximum absolute atomic E-state index is 12.3. The summed E-state index contributed by atoms with van der Waals surface area (Å²) in [7, 11) is -3.86. The van der Waals surface area contributed by atoms with Gasteiger partial charge in [0.1, 0.15) is 21.4 Å². The fraction of sp³-hybridized carbons (Fsp3) is 0. The molecule has 0 saturated heterocycles. The van der Waals surface area contributed by atoms with Crippen LogP contribution in [-0.2, 0) is 21.4 Å². The number of hydrogen-bond donors (Lipinski definition) is 1. The van der Waals surface area contributed by atoms with Gasteiger partial charge < -0.3 is 0 Å². The number of nitrogens with zero attached hydrogens (tertiary/aromatic N) is 4. The number of sulfonamides is 1. The Morgan fingerprint density at radius 3 is 2.85 bits per heavy atom. The van der Waals surface area contributed by atoms with Crippen molar-refractivity contribution in [2.75, 3.05) is 4.72 Å². The number of fused-ring (bicyclic) bond motifs is 1. The number of benzene rings is 1. The topological polar surface area (TPSA) is 96.7 Å². The molecule has 7 nitrogen and oxygen atoms in total. The van der Waals surface area contributed by atoms with Crippen LogP contribution in [0, 0.1) is 0 Å². The molecule has 0 bridgehead atoms. The van der Waals surface area contributed by atoms with E-state index in [0.717, 1.165) is 11.4 Å². The molecule has 0 fully saturated rings. The Kier molecular flexibility index (Phi) is 3.24. The number of aromatic nitrogens is 2. The predicted octanol–water partition coefficient (Wildman–Crippen LogP) is 2.66. The van der Waals surface area contributed by atoms with Crippen LogP contribution in [-0.4, -0.2) is 18.4 Å². The smallest absolute Gasteiger partial charge is 0.247 e. The van der Waals surface area contributed by atoms with E-state index in [1.165, 1.54) is 18.3 Å². The molecule has 0 aliphatic carbocycles. The quantitative estimate of drug-likeness (QED) is 0.748. The Labute approximate surface area is 123 Å². The lowest BCUT2D eigenvalue weighted by atomic mass is 10.3. The molecule has 0 spiro atoms. The van der Waals surface area contributed by atoms with Crippen LogP contribution in [0.1, 0.15) is 0 Å². The molecule has 3 rings (SSSR count). The summed E-state index contributed by atoms with van der Waals surface area (Å²) in [6, 6.07) is 6.17. The van der Waals surface area contributed by atoms with Crippen LogP contribution >= 0.6 is 11.6 Å². The molecule has 0 atom stereocenters. The first kappa shape index (κ1) is 13.2. The van der Waals surface area contributed by atoms with Gasteiger partial charge in [-0.2, -0.15) is 8.73 Å². The zero-order valence-electron chi connectivity index (χ0n) is 9.69. The maximum atomic E-state index is 12.3. The average Bonchev–Trinajstić information content (AvgIpc) is 2.85. The van der Waals surface area contributed by atoms with Crippen LogP contribution in [0.4, 0.5) is 17.3 Å². The Morgan fingerprint density at radius 1 is 1.20 bits per heavy atom. The number of halogens is 1. The van der Waals surface area contributed by atoms with Gasteiger partial charge in [0.05, 0.1) is 11.4 Å². The monoisotopic (exact) mass is 327 g/mol. The summed E-state index contributed by atoms with van der Waals surface area (Å²) in [5.41, 5.74) is 0.830. The second-order valence-electron chi connectivity index (χ2n) is 3.70. The highest BCUT2D eigenvalue weighted by atomic mass is 35.5. The largest absolute Gasteiger partial charge is 0.266 e. The molecule has 0 radical (unpaired) electrons. The first-order valence-corrected chi connectivity index (χ1v) is 7.88. The summed E-state index contributed by atoms with van der Waals surface area (Å²) in [5, 5.41) is 0.145. The number of nitrogens with one attached hydrogen (secondary N) is 1. The van der Waals surface area contributed by atoms with Crippen LogP contribution in [0.2, 0.25) is 5.15 Å². The molecule has 2 heterocycles. The highest BCUT2D eigenvalue weighted by Gasteiger charge is 2.23. The van der Waals surface area contributed by atoms with E-state index in [2.05, 4.69) is 23.4 Å². The molecule has 1 aliphatic heterocycles. The van der Waals surface area contributed by atoms with Crippen molar-refractivity contribution < 1.29 is 8.42 Å². The number of hydrogen-bond acceptors (Lipinski definition) is 6. The summed E-state index contributed by atoms with van der Waals surface area (Å²) in [6.07, 6.45) is 1.36. The minimum absolute atomic E-state index is 0.0207. The van der Waals surface area contributed by atoms with Crippen LogP contribution < -0.4 is 4.72 Å². The van der Waals surface area contributed by atoms with Gasteiger partial charge in [0, 0.05) is 6.20 Å². The van der Waals surface area contributed by atoms with Gasteiger partial charge in [-0.1, -0.05) is 17.7 Å². The summed E-state index contributed by atoms with van der Waals surface area (Å²) >= 11 is 6.64. The molecule has 0 unspecified atom stereocenters. The van der Waals surface area contributed by atoms with Crippen molar-refractivity contribution in [2.24, 2.45) is 8.73 Å². The predicted molar refractivity (Wildman–Crippen MR) is 75.8 cm³/mol. The van der Waals surface area contributed by atoms with Gasteiger partial charge in [0.25, 0.3) is 10.0 Å². The number of anilines is 1. The lowest BCUT2D eigenvalue weighted by Crippen LogP contribution is -2.15. The molecule has 1 aliphatic rings. The van der Waals surface area contributed by atoms with Crippen molar-refractivity contribution in [1.29, 1.82) is 0 Å². The summed E-state index contributed by atoms with van der Waals surface area (Å²) in [5.74, 6) is -0.0994. The fourth-order valence-corrected chi connectivity index (χ4v) is 3.41. The third-order valence-electron chi connectivity index (χ3n) is 2.39. The van der Waals surface area contributed by atoms with E-state index in [4.69, 9.17) is 11.6 Å². The minimum atomic E-state index is -3.86. The number of rotatable bonds is 3. The molecule has 1 N–H and O–H groups in total. The van der Waals surface area contributed by atoms with Crippen LogP contribution in [0.3, 0.4) is 0 Å². The third-order valence-corrected chi connectivity index (χ3v) is 4.50. The van der Waals surface area contributed by atoms with E-state index in [-0.39, 0.29) is 16.0 Å². The van der Waals surface area contributed by atoms with Crippen molar-refractivity contribution >= 4 is 50.3 Å². The standard InChI is InChI=1S/C10H6ClN5O2S2/c11-8-4-5-12-10(13-8)16-20(17,18)7-3-1-2-6-9(7)15-19-14-6/h1-5H,(H,12,13,16). The van der Waals surface area contributed by atoms with Crippen molar-refractivity contribution in [3.8, 4) is 0 Å². The molecule has 10 heteroatoms. The SMILES string of the molecule is O=S(=O)(Nc1nccc(Cl)n1)c1cccc2c1N=S=N2. The fourth-order valence-electron chi connectivity index (χ4n) is 1.56. The van der Waals surface area contributed by atoms with Crippen molar-refractivity contribution in [2.45, 2.75) is 4.90 Å². The van der Waals surface area contributed by atoms with Gasteiger partial charge in [-0.25, -0.2) is 23.1 Å². The Morgan fingerprint density at radius 2 is 2.05 bits per heavy atom. The van der Waals surface area contributed by atoms with E-state index < -0.39 is 10.0 Å².